The Hall–Kier alpha value is -1.53. The highest BCUT2D eigenvalue weighted by atomic mass is 16.5. The first-order valence-electron chi connectivity index (χ1n) is 7.58. The predicted octanol–water partition coefficient (Wildman–Crippen LogP) is 3.69. The summed E-state index contributed by atoms with van der Waals surface area (Å²) in [6.45, 7) is 6.16. The maximum atomic E-state index is 8.44. The number of hydrogen-bond acceptors (Lipinski definition) is 3. The topological polar surface area (TPSA) is 45.0 Å². The minimum atomic E-state index is 0.507. The fraction of sp³-hybridized carbons (Fsp3) is 0.588. The van der Waals surface area contributed by atoms with Crippen molar-refractivity contribution in [1.29, 1.82) is 5.26 Å². The molecule has 3 nitrogen and oxygen atoms in total. The molecule has 1 aromatic carbocycles. The van der Waals surface area contributed by atoms with Crippen molar-refractivity contribution in [3.05, 3.63) is 29.8 Å². The largest absolute Gasteiger partial charge is 0.494 e. The van der Waals surface area contributed by atoms with Gasteiger partial charge in [-0.1, -0.05) is 19.1 Å². The number of rotatable bonds is 10. The van der Waals surface area contributed by atoms with Crippen LogP contribution in [0.2, 0.25) is 0 Å². The molecule has 1 unspecified atom stereocenters. The SMILES string of the molecule is CCCNC(C)Cc1ccc(OCCCCC#N)cc1. The van der Waals surface area contributed by atoms with Gasteiger partial charge in [-0.15, -0.1) is 0 Å². The molecule has 110 valence electrons. The maximum absolute atomic E-state index is 8.44. The number of nitriles is 1. The molecular formula is C17H26N2O. The summed E-state index contributed by atoms with van der Waals surface area (Å²) in [7, 11) is 0. The Morgan fingerprint density at radius 2 is 2.00 bits per heavy atom. The molecule has 0 heterocycles. The van der Waals surface area contributed by atoms with Gasteiger partial charge in [0.15, 0.2) is 0 Å². The van der Waals surface area contributed by atoms with Crippen LogP contribution in [0, 0.1) is 11.3 Å². The summed E-state index contributed by atoms with van der Waals surface area (Å²) in [5, 5.41) is 11.9. The van der Waals surface area contributed by atoms with Gasteiger partial charge in [-0.2, -0.15) is 5.26 Å². The zero-order valence-corrected chi connectivity index (χ0v) is 12.7. The molecule has 0 bridgehead atoms. The summed E-state index contributed by atoms with van der Waals surface area (Å²) >= 11 is 0. The third-order valence-corrected chi connectivity index (χ3v) is 3.16. The average molecular weight is 274 g/mol. The summed E-state index contributed by atoms with van der Waals surface area (Å²) in [4.78, 5) is 0. The monoisotopic (exact) mass is 274 g/mol. The summed E-state index contributed by atoms with van der Waals surface area (Å²) < 4.78 is 5.65. The molecule has 0 fully saturated rings. The molecule has 0 spiro atoms. The maximum Gasteiger partial charge on any atom is 0.119 e. The van der Waals surface area contributed by atoms with Crippen LogP contribution in [0.3, 0.4) is 0 Å². The molecule has 0 saturated carbocycles. The molecule has 1 rings (SSSR count). The van der Waals surface area contributed by atoms with Crippen LogP contribution in [-0.4, -0.2) is 19.2 Å². The van der Waals surface area contributed by atoms with Gasteiger partial charge in [0.25, 0.3) is 0 Å². The third kappa shape index (κ3) is 7.16. The molecule has 20 heavy (non-hydrogen) atoms. The normalized spacial score (nSPS) is 11.8. The summed E-state index contributed by atoms with van der Waals surface area (Å²) in [6.07, 6.45) is 4.68. The number of nitrogens with zero attached hydrogens (tertiary/aromatic N) is 1. The van der Waals surface area contributed by atoms with E-state index in [2.05, 4.69) is 37.4 Å². The van der Waals surface area contributed by atoms with Gasteiger partial charge in [-0.05, 0) is 56.8 Å². The van der Waals surface area contributed by atoms with Gasteiger partial charge in [-0.3, -0.25) is 0 Å². The minimum absolute atomic E-state index is 0.507. The van der Waals surface area contributed by atoms with Crippen molar-refractivity contribution >= 4 is 0 Å². The highest BCUT2D eigenvalue weighted by molar-refractivity contribution is 5.27. The molecule has 1 atom stereocenters. The summed E-state index contributed by atoms with van der Waals surface area (Å²) in [5.74, 6) is 0.917. The molecule has 1 aromatic rings. The van der Waals surface area contributed by atoms with E-state index < -0.39 is 0 Å². The van der Waals surface area contributed by atoms with Gasteiger partial charge >= 0.3 is 0 Å². The van der Waals surface area contributed by atoms with Crippen LogP contribution in [0.15, 0.2) is 24.3 Å². The van der Waals surface area contributed by atoms with Crippen molar-refractivity contribution in [2.24, 2.45) is 0 Å². The molecular weight excluding hydrogens is 248 g/mol. The Bertz CT molecular complexity index is 394. The number of nitrogens with one attached hydrogen (secondary N) is 1. The van der Waals surface area contributed by atoms with Gasteiger partial charge in [-0.25, -0.2) is 0 Å². The van der Waals surface area contributed by atoms with E-state index in [1.54, 1.807) is 0 Å². The predicted molar refractivity (Wildman–Crippen MR) is 82.9 cm³/mol. The van der Waals surface area contributed by atoms with Gasteiger partial charge in [0.2, 0.25) is 0 Å². The molecule has 0 amide bonds. The number of benzene rings is 1. The van der Waals surface area contributed by atoms with Crippen molar-refractivity contribution in [2.75, 3.05) is 13.2 Å². The number of unbranched alkanes of at least 4 members (excludes halogenated alkanes) is 2. The van der Waals surface area contributed by atoms with E-state index in [0.29, 0.717) is 19.1 Å². The van der Waals surface area contributed by atoms with Gasteiger partial charge < -0.3 is 10.1 Å². The third-order valence-electron chi connectivity index (χ3n) is 3.16. The van der Waals surface area contributed by atoms with Crippen LogP contribution in [0.25, 0.3) is 0 Å². The lowest BCUT2D eigenvalue weighted by Crippen LogP contribution is -2.28. The Kier molecular flexibility index (Phi) is 8.49. The summed E-state index contributed by atoms with van der Waals surface area (Å²) in [5.41, 5.74) is 1.33. The van der Waals surface area contributed by atoms with E-state index in [4.69, 9.17) is 10.00 Å². The fourth-order valence-electron chi connectivity index (χ4n) is 2.03. The average Bonchev–Trinajstić information content (AvgIpc) is 2.46. The van der Waals surface area contributed by atoms with Crippen LogP contribution in [0.4, 0.5) is 0 Å². The first-order valence-corrected chi connectivity index (χ1v) is 7.58. The van der Waals surface area contributed by atoms with Crippen molar-refractivity contribution in [1.82, 2.24) is 5.32 Å². The van der Waals surface area contributed by atoms with Gasteiger partial charge in [0.1, 0.15) is 5.75 Å². The Morgan fingerprint density at radius 1 is 1.25 bits per heavy atom. The lowest BCUT2D eigenvalue weighted by Gasteiger charge is -2.13. The molecule has 0 aliphatic rings. The Labute approximate surface area is 123 Å². The number of hydrogen-bond donors (Lipinski definition) is 1. The van der Waals surface area contributed by atoms with Crippen LogP contribution in [0.1, 0.15) is 45.1 Å². The quantitative estimate of drug-likeness (QED) is 0.662. The molecule has 0 aliphatic carbocycles. The second kappa shape index (κ2) is 10.3. The highest BCUT2D eigenvalue weighted by Gasteiger charge is 2.02. The van der Waals surface area contributed by atoms with E-state index >= 15 is 0 Å². The van der Waals surface area contributed by atoms with Crippen molar-refractivity contribution in [3.63, 3.8) is 0 Å². The van der Waals surface area contributed by atoms with Crippen molar-refractivity contribution < 1.29 is 4.74 Å². The number of ether oxygens (including phenoxy) is 1. The Morgan fingerprint density at radius 3 is 2.65 bits per heavy atom. The van der Waals surface area contributed by atoms with E-state index in [0.717, 1.165) is 31.6 Å². The minimum Gasteiger partial charge on any atom is -0.494 e. The van der Waals surface area contributed by atoms with Crippen LogP contribution >= 0.6 is 0 Å². The second-order valence-corrected chi connectivity index (χ2v) is 5.17. The summed E-state index contributed by atoms with van der Waals surface area (Å²) in [6, 6.07) is 11.0. The molecule has 0 aromatic heterocycles. The second-order valence-electron chi connectivity index (χ2n) is 5.17. The fourth-order valence-corrected chi connectivity index (χ4v) is 2.03. The molecule has 3 heteroatoms. The van der Waals surface area contributed by atoms with E-state index in [-0.39, 0.29) is 0 Å². The standard InChI is InChI=1S/C17H26N2O/c1-3-12-19-15(2)14-16-7-9-17(10-8-16)20-13-6-4-5-11-18/h7-10,15,19H,3-6,12-14H2,1-2H3. The van der Waals surface area contributed by atoms with Crippen LogP contribution in [-0.2, 0) is 6.42 Å². The van der Waals surface area contributed by atoms with E-state index in [1.165, 1.54) is 12.0 Å². The molecule has 0 saturated heterocycles. The van der Waals surface area contributed by atoms with E-state index in [1.807, 2.05) is 12.1 Å². The van der Waals surface area contributed by atoms with Gasteiger partial charge in [0.05, 0.1) is 12.7 Å². The molecule has 0 aliphatic heterocycles. The zero-order chi connectivity index (χ0) is 14.6. The lowest BCUT2D eigenvalue weighted by molar-refractivity contribution is 0.307. The van der Waals surface area contributed by atoms with Crippen molar-refractivity contribution in [2.45, 2.75) is 52.0 Å². The van der Waals surface area contributed by atoms with Crippen LogP contribution in [0.5, 0.6) is 5.75 Å². The first kappa shape index (κ1) is 16.5. The molecule has 0 radical (unpaired) electrons. The Balaban J connectivity index is 2.27. The highest BCUT2D eigenvalue weighted by Crippen LogP contribution is 2.14. The lowest BCUT2D eigenvalue weighted by atomic mass is 10.1. The van der Waals surface area contributed by atoms with Crippen LogP contribution < -0.4 is 10.1 Å². The first-order chi connectivity index (χ1) is 9.76. The zero-order valence-electron chi connectivity index (χ0n) is 12.7. The van der Waals surface area contributed by atoms with Crippen molar-refractivity contribution in [3.8, 4) is 11.8 Å². The molecule has 1 N–H and O–H groups in total. The van der Waals surface area contributed by atoms with E-state index in [9.17, 15) is 0 Å². The smallest absolute Gasteiger partial charge is 0.119 e. The van der Waals surface area contributed by atoms with Gasteiger partial charge in [0, 0.05) is 12.5 Å².